The topological polar surface area (TPSA) is 121 Å². The lowest BCUT2D eigenvalue weighted by atomic mass is 9.91. The number of benzene rings is 2. The van der Waals surface area contributed by atoms with Crippen molar-refractivity contribution >= 4 is 17.1 Å². The molecule has 8 nitrogen and oxygen atoms in total. The fourth-order valence-electron chi connectivity index (χ4n) is 3.55. The second kappa shape index (κ2) is 11.6. The second-order valence-corrected chi connectivity index (χ2v) is 8.26. The maximum atomic E-state index is 13.7. The highest BCUT2D eigenvalue weighted by Crippen LogP contribution is 2.33. The van der Waals surface area contributed by atoms with Crippen molar-refractivity contribution < 1.29 is 28.9 Å². The smallest absolute Gasteiger partial charge is 0.305 e. The van der Waals surface area contributed by atoms with E-state index in [0.29, 0.717) is 28.1 Å². The molecule has 3 aromatic rings. The molecule has 1 heterocycles. The molecule has 0 aliphatic carbocycles. The number of carboxylic acid groups (broad SMARTS) is 1. The molecule has 0 aliphatic rings. The number of nitrogens with zero attached hydrogens (tertiary/aromatic N) is 4. The number of allylic oxidation sites excluding steroid dienone is 2. The van der Waals surface area contributed by atoms with Gasteiger partial charge in [-0.2, -0.15) is 0 Å². The van der Waals surface area contributed by atoms with Crippen molar-refractivity contribution in [1.29, 1.82) is 0 Å². The zero-order chi connectivity index (χ0) is 25.5. The summed E-state index contributed by atoms with van der Waals surface area (Å²) in [4.78, 5) is 10.8. The van der Waals surface area contributed by atoms with Crippen molar-refractivity contribution in [1.82, 2.24) is 20.2 Å². The average molecular weight is 485 g/mol. The van der Waals surface area contributed by atoms with Crippen molar-refractivity contribution in [3.63, 3.8) is 0 Å². The molecule has 0 saturated carbocycles. The third-order valence-corrected chi connectivity index (χ3v) is 5.17. The molecule has 0 spiro atoms. The van der Waals surface area contributed by atoms with Crippen LogP contribution in [0, 0.1) is 11.6 Å². The molecule has 0 saturated heterocycles. The van der Waals surface area contributed by atoms with Crippen molar-refractivity contribution in [2.75, 3.05) is 0 Å². The van der Waals surface area contributed by atoms with Gasteiger partial charge in [-0.25, -0.2) is 13.5 Å². The van der Waals surface area contributed by atoms with E-state index >= 15 is 0 Å². The van der Waals surface area contributed by atoms with Gasteiger partial charge in [0.2, 0.25) is 0 Å². The predicted octanol–water partition coefficient (Wildman–Crippen LogP) is 3.63. The molecule has 0 amide bonds. The van der Waals surface area contributed by atoms with Crippen LogP contribution >= 0.6 is 0 Å². The number of tetrazole rings is 1. The van der Waals surface area contributed by atoms with Crippen LogP contribution in [0.25, 0.3) is 11.1 Å². The van der Waals surface area contributed by atoms with Gasteiger partial charge >= 0.3 is 5.97 Å². The maximum absolute atomic E-state index is 13.7. The summed E-state index contributed by atoms with van der Waals surface area (Å²) in [7, 11) is 0. The van der Waals surface area contributed by atoms with Crippen LogP contribution in [0.3, 0.4) is 0 Å². The zero-order valence-corrected chi connectivity index (χ0v) is 19.2. The fraction of sp³-hybridized carbons (Fsp3) is 0.280. The summed E-state index contributed by atoms with van der Waals surface area (Å²) in [5.41, 5.74) is 2.19. The number of hydrogen-bond donors (Lipinski definition) is 3. The molecule has 1 aromatic heterocycles. The van der Waals surface area contributed by atoms with Crippen LogP contribution < -0.4 is 0 Å². The molecule has 0 aliphatic heterocycles. The van der Waals surface area contributed by atoms with Gasteiger partial charge in [-0.15, -0.1) is 5.10 Å². The number of aliphatic carboxylic acids is 1. The number of hydrogen-bond acceptors (Lipinski definition) is 6. The summed E-state index contributed by atoms with van der Waals surface area (Å²) in [5.74, 6) is -1.70. The number of carboxylic acids is 1. The lowest BCUT2D eigenvalue weighted by Gasteiger charge is -2.16. The lowest BCUT2D eigenvalue weighted by Crippen LogP contribution is -2.19. The van der Waals surface area contributed by atoms with Crippen LogP contribution in [-0.2, 0) is 4.79 Å². The van der Waals surface area contributed by atoms with Crippen LogP contribution in [-0.4, -0.2) is 53.7 Å². The van der Waals surface area contributed by atoms with E-state index < -0.39 is 36.2 Å². The van der Waals surface area contributed by atoms with Crippen LogP contribution in [0.1, 0.15) is 49.7 Å². The van der Waals surface area contributed by atoms with Crippen molar-refractivity contribution in [3.8, 4) is 0 Å². The number of aliphatic hydroxyl groups is 2. The standard InChI is InChI=1S/C25H26F2N4O4/c1-15(2)31-25(28-29-30-31)22(12-11-20(32)13-21(33)14-23(34)35)24(16-3-7-18(26)8-4-16)17-5-9-19(27)10-6-17/h3-12,15,20-21,32-33H,13-14H2,1-2H3,(H,34,35). The zero-order valence-electron chi connectivity index (χ0n) is 19.2. The summed E-state index contributed by atoms with van der Waals surface area (Å²) >= 11 is 0. The quantitative estimate of drug-likeness (QED) is 0.376. The second-order valence-electron chi connectivity index (χ2n) is 8.26. The maximum Gasteiger partial charge on any atom is 0.305 e. The van der Waals surface area contributed by atoms with E-state index in [4.69, 9.17) is 5.11 Å². The van der Waals surface area contributed by atoms with Gasteiger partial charge in [0.15, 0.2) is 5.82 Å². The summed E-state index contributed by atoms with van der Waals surface area (Å²) in [6.45, 7) is 3.77. The minimum atomic E-state index is -1.24. The number of carbonyl (C=O) groups is 1. The highest BCUT2D eigenvalue weighted by molar-refractivity contribution is 6.00. The van der Waals surface area contributed by atoms with Gasteiger partial charge in [0.1, 0.15) is 11.6 Å². The van der Waals surface area contributed by atoms with Gasteiger partial charge in [0.25, 0.3) is 0 Å². The average Bonchev–Trinajstić information content (AvgIpc) is 3.28. The van der Waals surface area contributed by atoms with Gasteiger partial charge in [-0.3, -0.25) is 4.79 Å². The highest BCUT2D eigenvalue weighted by Gasteiger charge is 2.20. The first-order chi connectivity index (χ1) is 16.7. The largest absolute Gasteiger partial charge is 0.481 e. The molecule has 0 fully saturated rings. The van der Waals surface area contributed by atoms with Gasteiger partial charge in [-0.1, -0.05) is 36.4 Å². The van der Waals surface area contributed by atoms with E-state index in [9.17, 15) is 23.8 Å². The van der Waals surface area contributed by atoms with Crippen LogP contribution in [0.5, 0.6) is 0 Å². The fourth-order valence-corrected chi connectivity index (χ4v) is 3.55. The van der Waals surface area contributed by atoms with E-state index in [1.54, 1.807) is 35.0 Å². The first-order valence-electron chi connectivity index (χ1n) is 11.0. The first-order valence-corrected chi connectivity index (χ1v) is 11.0. The van der Waals surface area contributed by atoms with E-state index in [-0.39, 0.29) is 12.5 Å². The highest BCUT2D eigenvalue weighted by atomic mass is 19.1. The molecule has 35 heavy (non-hydrogen) atoms. The molecular formula is C25H26F2N4O4. The Bertz CT molecular complexity index is 1160. The molecule has 2 unspecified atom stereocenters. The Balaban J connectivity index is 2.20. The Morgan fingerprint density at radius 2 is 1.54 bits per heavy atom. The van der Waals surface area contributed by atoms with Crippen molar-refractivity contribution in [2.24, 2.45) is 0 Å². The Morgan fingerprint density at radius 3 is 2.03 bits per heavy atom. The molecule has 3 rings (SSSR count). The molecule has 0 radical (unpaired) electrons. The van der Waals surface area contributed by atoms with E-state index in [2.05, 4.69) is 15.5 Å². The molecule has 2 aromatic carbocycles. The number of rotatable bonds is 10. The van der Waals surface area contributed by atoms with Crippen LogP contribution in [0.15, 0.2) is 60.7 Å². The molecule has 0 bridgehead atoms. The monoisotopic (exact) mass is 484 g/mol. The first kappa shape index (κ1) is 25.9. The summed E-state index contributed by atoms with van der Waals surface area (Å²) < 4.78 is 29.0. The van der Waals surface area contributed by atoms with Gasteiger partial charge in [-0.05, 0) is 65.2 Å². The SMILES string of the molecule is CC(C)n1nnnc1C(C=CC(O)CC(O)CC(=O)O)=C(c1ccc(F)cc1)c1ccc(F)cc1. The minimum absolute atomic E-state index is 0.131. The molecule has 184 valence electrons. The lowest BCUT2D eigenvalue weighted by molar-refractivity contribution is -0.139. The van der Waals surface area contributed by atoms with Gasteiger partial charge < -0.3 is 15.3 Å². The Labute approximate surface area is 200 Å². The normalized spacial score (nSPS) is 13.2. The number of halogens is 2. The number of aromatic nitrogens is 4. The summed E-state index contributed by atoms with van der Waals surface area (Å²) in [6, 6.07) is 11.3. The van der Waals surface area contributed by atoms with Crippen molar-refractivity contribution in [2.45, 2.75) is 44.9 Å². The predicted molar refractivity (Wildman–Crippen MR) is 125 cm³/mol. The molecule has 10 heteroatoms. The van der Waals surface area contributed by atoms with Crippen LogP contribution in [0.2, 0.25) is 0 Å². The number of aliphatic hydroxyl groups excluding tert-OH is 2. The molecular weight excluding hydrogens is 458 g/mol. The molecule has 2 atom stereocenters. The van der Waals surface area contributed by atoms with E-state index in [0.717, 1.165) is 0 Å². The molecule has 3 N–H and O–H groups in total. The third-order valence-electron chi connectivity index (χ3n) is 5.17. The minimum Gasteiger partial charge on any atom is -0.481 e. The Hall–Kier alpha value is -3.76. The summed E-state index contributed by atoms with van der Waals surface area (Å²) in [5, 5.41) is 41.1. The Kier molecular flexibility index (Phi) is 8.56. The summed E-state index contributed by atoms with van der Waals surface area (Å²) in [6.07, 6.45) is -0.166. The van der Waals surface area contributed by atoms with E-state index in [1.807, 2.05) is 13.8 Å². The Morgan fingerprint density at radius 1 is 1.00 bits per heavy atom. The van der Waals surface area contributed by atoms with E-state index in [1.165, 1.54) is 30.3 Å². The van der Waals surface area contributed by atoms with Gasteiger partial charge in [0.05, 0.1) is 24.7 Å². The third kappa shape index (κ3) is 6.87. The van der Waals surface area contributed by atoms with Gasteiger partial charge in [0, 0.05) is 12.0 Å². The van der Waals surface area contributed by atoms with Crippen molar-refractivity contribution in [3.05, 3.63) is 89.3 Å². The van der Waals surface area contributed by atoms with Crippen LogP contribution in [0.4, 0.5) is 8.78 Å².